The van der Waals surface area contributed by atoms with Gasteiger partial charge in [0.2, 0.25) is 15.9 Å². The molecule has 30 heavy (non-hydrogen) atoms. The molecule has 0 radical (unpaired) electrons. The summed E-state index contributed by atoms with van der Waals surface area (Å²) in [6.45, 7) is 6.41. The van der Waals surface area contributed by atoms with E-state index in [4.69, 9.17) is 0 Å². The Morgan fingerprint density at radius 3 is 2.67 bits per heavy atom. The van der Waals surface area contributed by atoms with Crippen molar-refractivity contribution in [3.63, 3.8) is 0 Å². The van der Waals surface area contributed by atoms with Crippen molar-refractivity contribution in [3.05, 3.63) is 53.9 Å². The standard InChI is InChI=1S/C22H26N4O3S/c1-5-25-21-9-7-6-8-19(21)23-22(25)14-24(4)30(28,29)18-10-11-20-17(13-18)12-15(2)26(20)16(3)27/h6-11,13,15H,5,12,14H2,1-4H3. The van der Waals surface area contributed by atoms with Gasteiger partial charge in [-0.05, 0) is 56.2 Å². The summed E-state index contributed by atoms with van der Waals surface area (Å²) in [5.41, 5.74) is 3.53. The number of aromatic nitrogens is 2. The number of anilines is 1. The topological polar surface area (TPSA) is 75.5 Å². The molecular formula is C22H26N4O3S. The molecule has 3 aromatic rings. The number of carbonyl (C=O) groups is 1. The van der Waals surface area contributed by atoms with Crippen molar-refractivity contribution in [1.82, 2.24) is 13.9 Å². The molecule has 1 aliphatic heterocycles. The quantitative estimate of drug-likeness (QED) is 0.628. The van der Waals surface area contributed by atoms with Gasteiger partial charge < -0.3 is 9.47 Å². The molecule has 1 amide bonds. The number of hydrogen-bond acceptors (Lipinski definition) is 4. The summed E-state index contributed by atoms with van der Waals surface area (Å²) in [4.78, 5) is 18.5. The molecule has 0 aliphatic carbocycles. The van der Waals surface area contributed by atoms with Crippen molar-refractivity contribution < 1.29 is 13.2 Å². The summed E-state index contributed by atoms with van der Waals surface area (Å²) in [5, 5.41) is 0. The monoisotopic (exact) mass is 426 g/mol. The third-order valence-corrected chi connectivity index (χ3v) is 7.53. The van der Waals surface area contributed by atoms with Crippen molar-refractivity contribution >= 4 is 32.7 Å². The Labute approximate surface area is 177 Å². The third kappa shape index (κ3) is 3.30. The summed E-state index contributed by atoms with van der Waals surface area (Å²) in [5.74, 6) is 0.676. The number of rotatable bonds is 5. The van der Waals surface area contributed by atoms with Crippen LogP contribution in [0.15, 0.2) is 47.4 Å². The van der Waals surface area contributed by atoms with E-state index in [9.17, 15) is 13.2 Å². The minimum atomic E-state index is -3.70. The molecule has 0 bridgehead atoms. The van der Waals surface area contributed by atoms with E-state index in [-0.39, 0.29) is 23.4 Å². The zero-order valence-corrected chi connectivity index (χ0v) is 18.5. The van der Waals surface area contributed by atoms with Crippen LogP contribution < -0.4 is 4.90 Å². The first-order chi connectivity index (χ1) is 14.2. The van der Waals surface area contributed by atoms with Gasteiger partial charge in [-0.2, -0.15) is 4.31 Å². The fourth-order valence-electron chi connectivity index (χ4n) is 4.31. The number of hydrogen-bond donors (Lipinski definition) is 0. The lowest BCUT2D eigenvalue weighted by molar-refractivity contribution is -0.116. The number of nitrogens with zero attached hydrogens (tertiary/aromatic N) is 4. The maximum Gasteiger partial charge on any atom is 0.243 e. The lowest BCUT2D eigenvalue weighted by Gasteiger charge is -2.21. The van der Waals surface area contributed by atoms with Gasteiger partial charge in [0.05, 0.1) is 22.5 Å². The van der Waals surface area contributed by atoms with Gasteiger partial charge in [0.15, 0.2) is 0 Å². The SMILES string of the molecule is CCn1c(CN(C)S(=O)(=O)c2ccc3c(c2)CC(C)N3C(C)=O)nc2ccccc21. The highest BCUT2D eigenvalue weighted by Gasteiger charge is 2.31. The van der Waals surface area contributed by atoms with E-state index in [0.717, 1.165) is 22.3 Å². The third-order valence-electron chi connectivity index (χ3n) is 5.73. The van der Waals surface area contributed by atoms with Crippen LogP contribution in [0.5, 0.6) is 0 Å². The van der Waals surface area contributed by atoms with E-state index in [2.05, 4.69) is 4.98 Å². The van der Waals surface area contributed by atoms with Gasteiger partial charge in [-0.15, -0.1) is 0 Å². The number of carbonyl (C=O) groups excluding carboxylic acids is 1. The Morgan fingerprint density at radius 1 is 1.23 bits per heavy atom. The first kappa shape index (κ1) is 20.6. The summed E-state index contributed by atoms with van der Waals surface area (Å²) in [6.07, 6.45) is 0.646. The largest absolute Gasteiger partial charge is 0.327 e. The number of imidazole rings is 1. The molecule has 4 rings (SSSR count). The molecule has 2 heterocycles. The first-order valence-electron chi connectivity index (χ1n) is 10.1. The maximum absolute atomic E-state index is 13.3. The van der Waals surface area contributed by atoms with Crippen LogP contribution in [0.3, 0.4) is 0 Å². The molecule has 0 saturated heterocycles. The first-order valence-corrected chi connectivity index (χ1v) is 11.5. The van der Waals surface area contributed by atoms with Crippen LogP contribution >= 0.6 is 0 Å². The number of amides is 1. The summed E-state index contributed by atoms with van der Waals surface area (Å²) < 4.78 is 29.9. The Bertz CT molecular complexity index is 1230. The van der Waals surface area contributed by atoms with Crippen LogP contribution in [0, 0.1) is 0 Å². The van der Waals surface area contributed by atoms with Crippen LogP contribution in [-0.2, 0) is 34.3 Å². The van der Waals surface area contributed by atoms with E-state index in [0.29, 0.717) is 18.8 Å². The van der Waals surface area contributed by atoms with E-state index in [1.54, 1.807) is 30.1 Å². The average Bonchev–Trinajstić information content (AvgIpc) is 3.22. The second-order valence-electron chi connectivity index (χ2n) is 7.75. The summed E-state index contributed by atoms with van der Waals surface area (Å²) in [6, 6.07) is 12.9. The molecule has 1 aromatic heterocycles. The average molecular weight is 427 g/mol. The van der Waals surface area contributed by atoms with Crippen molar-refractivity contribution in [2.75, 3.05) is 11.9 Å². The molecule has 0 saturated carbocycles. The van der Waals surface area contributed by atoms with Crippen LogP contribution in [0.25, 0.3) is 11.0 Å². The predicted molar refractivity (Wildman–Crippen MR) is 117 cm³/mol. The molecule has 1 unspecified atom stereocenters. The van der Waals surface area contributed by atoms with Crippen LogP contribution in [0.4, 0.5) is 5.69 Å². The van der Waals surface area contributed by atoms with Gasteiger partial charge in [-0.1, -0.05) is 12.1 Å². The summed E-state index contributed by atoms with van der Waals surface area (Å²) >= 11 is 0. The zero-order valence-electron chi connectivity index (χ0n) is 17.7. The second-order valence-corrected chi connectivity index (χ2v) is 9.80. The van der Waals surface area contributed by atoms with E-state index in [1.165, 1.54) is 11.2 Å². The van der Waals surface area contributed by atoms with E-state index >= 15 is 0 Å². The Balaban J connectivity index is 1.65. The molecular weight excluding hydrogens is 400 g/mol. The fourth-order valence-corrected chi connectivity index (χ4v) is 5.49. The minimum absolute atomic E-state index is 0.0256. The van der Waals surface area contributed by atoms with Gasteiger partial charge in [0, 0.05) is 32.2 Å². The predicted octanol–water partition coefficient (Wildman–Crippen LogP) is 3.17. The molecule has 2 aromatic carbocycles. The van der Waals surface area contributed by atoms with Crippen LogP contribution in [0.2, 0.25) is 0 Å². The van der Waals surface area contributed by atoms with E-state index in [1.807, 2.05) is 42.7 Å². The van der Waals surface area contributed by atoms with Gasteiger partial charge in [0.25, 0.3) is 0 Å². The highest BCUT2D eigenvalue weighted by molar-refractivity contribution is 7.89. The van der Waals surface area contributed by atoms with Gasteiger partial charge in [-0.25, -0.2) is 13.4 Å². The second kappa shape index (κ2) is 7.52. The van der Waals surface area contributed by atoms with Gasteiger partial charge in [0.1, 0.15) is 5.82 Å². The lowest BCUT2D eigenvalue weighted by Crippen LogP contribution is -2.33. The highest BCUT2D eigenvalue weighted by atomic mass is 32.2. The number of sulfonamides is 1. The minimum Gasteiger partial charge on any atom is -0.327 e. The van der Waals surface area contributed by atoms with Crippen LogP contribution in [-0.4, -0.2) is 41.3 Å². The smallest absolute Gasteiger partial charge is 0.243 e. The number of fused-ring (bicyclic) bond motifs is 2. The van der Waals surface area contributed by atoms with Crippen molar-refractivity contribution in [2.24, 2.45) is 0 Å². The molecule has 158 valence electrons. The normalized spacial score (nSPS) is 16.4. The van der Waals surface area contributed by atoms with Gasteiger partial charge in [-0.3, -0.25) is 4.79 Å². The fraction of sp³-hybridized carbons (Fsp3) is 0.364. The number of para-hydroxylation sites is 2. The molecule has 0 spiro atoms. The van der Waals surface area contributed by atoms with Crippen molar-refractivity contribution in [1.29, 1.82) is 0 Å². The lowest BCUT2D eigenvalue weighted by atomic mass is 10.1. The molecule has 1 atom stereocenters. The highest BCUT2D eigenvalue weighted by Crippen LogP contribution is 2.34. The molecule has 8 heteroatoms. The number of aryl methyl sites for hydroxylation is 1. The van der Waals surface area contributed by atoms with Crippen molar-refractivity contribution in [3.8, 4) is 0 Å². The van der Waals surface area contributed by atoms with E-state index < -0.39 is 10.0 Å². The Kier molecular flexibility index (Phi) is 5.15. The zero-order chi connectivity index (χ0) is 21.6. The Morgan fingerprint density at radius 2 is 1.97 bits per heavy atom. The summed E-state index contributed by atoms with van der Waals surface area (Å²) in [7, 11) is -2.12. The number of benzene rings is 2. The molecule has 7 nitrogen and oxygen atoms in total. The maximum atomic E-state index is 13.3. The Hall–Kier alpha value is -2.71. The van der Waals surface area contributed by atoms with Gasteiger partial charge >= 0.3 is 0 Å². The van der Waals surface area contributed by atoms with Crippen LogP contribution in [0.1, 0.15) is 32.2 Å². The molecule has 0 fully saturated rings. The van der Waals surface area contributed by atoms with Crippen molar-refractivity contribution in [2.45, 2.75) is 51.2 Å². The molecule has 0 N–H and O–H groups in total. The molecule has 1 aliphatic rings.